The van der Waals surface area contributed by atoms with Crippen LogP contribution in [0.3, 0.4) is 0 Å². The van der Waals surface area contributed by atoms with Crippen LogP contribution >= 0.6 is 0 Å². The molecule has 2 amide bonds. The Hall–Kier alpha value is -2.70. The summed E-state index contributed by atoms with van der Waals surface area (Å²) in [6.45, 7) is 0.102. The van der Waals surface area contributed by atoms with Crippen LogP contribution in [-0.2, 0) is 25.7 Å². The Morgan fingerprint density at radius 2 is 1.85 bits per heavy atom. The van der Waals surface area contributed by atoms with Gasteiger partial charge < -0.3 is 4.74 Å². The van der Waals surface area contributed by atoms with Gasteiger partial charge in [0.25, 0.3) is 5.91 Å². The molecule has 0 unspecified atom stereocenters. The molecule has 0 spiro atoms. The van der Waals surface area contributed by atoms with Gasteiger partial charge in [-0.2, -0.15) is 5.10 Å². The number of hydrogen-bond donors (Lipinski definition) is 1. The van der Waals surface area contributed by atoms with E-state index >= 15 is 0 Å². The van der Waals surface area contributed by atoms with Gasteiger partial charge in [-0.15, -0.1) is 0 Å². The minimum atomic E-state index is -0.868. The molecule has 3 aliphatic rings. The highest BCUT2D eigenvalue weighted by Crippen LogP contribution is 2.32. The molecule has 1 aromatic carbocycles. The molecule has 0 bridgehead atoms. The van der Waals surface area contributed by atoms with E-state index in [0.29, 0.717) is 0 Å². The standard InChI is InChI=1S/C19H21N3O4/c23-17-14-15(18(24)22(17)13-9-5-2-6-10-13)20-21-16(14)19(25)26-11-12-7-3-1-4-8-12/h1,3-4,7-8,13-15,20H,2,5-6,9-11H2/t14-,15+/m1/s1. The second kappa shape index (κ2) is 6.90. The molecule has 136 valence electrons. The van der Waals surface area contributed by atoms with Crippen molar-refractivity contribution in [1.82, 2.24) is 10.3 Å². The Morgan fingerprint density at radius 1 is 1.12 bits per heavy atom. The molecule has 26 heavy (non-hydrogen) atoms. The second-order valence-electron chi connectivity index (χ2n) is 6.98. The van der Waals surface area contributed by atoms with Gasteiger partial charge >= 0.3 is 5.97 Å². The van der Waals surface area contributed by atoms with Crippen molar-refractivity contribution in [2.45, 2.75) is 50.8 Å². The molecule has 1 aliphatic carbocycles. The van der Waals surface area contributed by atoms with E-state index in [9.17, 15) is 14.4 Å². The number of hydrogen-bond acceptors (Lipinski definition) is 6. The van der Waals surface area contributed by atoms with Crippen LogP contribution in [0, 0.1) is 5.92 Å². The Labute approximate surface area is 151 Å². The summed E-state index contributed by atoms with van der Waals surface area (Å²) in [4.78, 5) is 39.3. The number of likely N-dealkylation sites (tertiary alicyclic amines) is 1. The summed E-state index contributed by atoms with van der Waals surface area (Å²) in [5, 5.41) is 3.94. The summed E-state index contributed by atoms with van der Waals surface area (Å²) in [6, 6.07) is 8.45. The van der Waals surface area contributed by atoms with Crippen molar-refractivity contribution in [3.63, 3.8) is 0 Å². The second-order valence-corrected chi connectivity index (χ2v) is 6.98. The lowest BCUT2D eigenvalue weighted by molar-refractivity contribution is -0.144. The summed E-state index contributed by atoms with van der Waals surface area (Å²) in [6.07, 6.45) is 4.84. The van der Waals surface area contributed by atoms with Crippen LogP contribution in [0.15, 0.2) is 35.4 Å². The highest BCUT2D eigenvalue weighted by Gasteiger charge is 2.56. The van der Waals surface area contributed by atoms with Crippen molar-refractivity contribution < 1.29 is 19.1 Å². The lowest BCUT2D eigenvalue weighted by Gasteiger charge is -2.30. The van der Waals surface area contributed by atoms with Gasteiger partial charge in [-0.05, 0) is 18.4 Å². The lowest BCUT2D eigenvalue weighted by Crippen LogP contribution is -2.44. The van der Waals surface area contributed by atoms with Gasteiger partial charge in [0.15, 0.2) is 5.71 Å². The monoisotopic (exact) mass is 355 g/mol. The third kappa shape index (κ3) is 2.87. The highest BCUT2D eigenvalue weighted by molar-refractivity contribution is 6.44. The molecule has 1 saturated heterocycles. The van der Waals surface area contributed by atoms with Gasteiger partial charge in [-0.25, -0.2) is 4.79 Å². The fourth-order valence-electron chi connectivity index (χ4n) is 3.98. The molecule has 4 rings (SSSR count). The number of nitrogens with one attached hydrogen (secondary N) is 1. The smallest absolute Gasteiger partial charge is 0.355 e. The van der Waals surface area contributed by atoms with Crippen LogP contribution < -0.4 is 5.43 Å². The van der Waals surface area contributed by atoms with Crippen LogP contribution in [0.2, 0.25) is 0 Å². The molecule has 1 N–H and O–H groups in total. The predicted molar refractivity (Wildman–Crippen MR) is 92.8 cm³/mol. The summed E-state index contributed by atoms with van der Waals surface area (Å²) in [5.74, 6) is -2.12. The van der Waals surface area contributed by atoms with E-state index in [-0.39, 0.29) is 30.2 Å². The van der Waals surface area contributed by atoms with E-state index in [4.69, 9.17) is 4.74 Å². The number of carbonyl (C=O) groups is 3. The average molecular weight is 355 g/mol. The van der Waals surface area contributed by atoms with Gasteiger partial charge in [0, 0.05) is 6.04 Å². The first-order valence-corrected chi connectivity index (χ1v) is 9.08. The molecule has 1 aromatic rings. The first-order chi connectivity index (χ1) is 12.7. The molecule has 1 saturated carbocycles. The maximum Gasteiger partial charge on any atom is 0.355 e. The molecule has 0 radical (unpaired) electrons. The Kier molecular flexibility index (Phi) is 4.44. The van der Waals surface area contributed by atoms with Crippen molar-refractivity contribution in [2.75, 3.05) is 0 Å². The maximum atomic E-state index is 12.9. The number of nitrogens with zero attached hydrogens (tertiary/aromatic N) is 2. The van der Waals surface area contributed by atoms with E-state index in [1.54, 1.807) is 0 Å². The molecule has 7 nitrogen and oxygen atoms in total. The highest BCUT2D eigenvalue weighted by atomic mass is 16.5. The van der Waals surface area contributed by atoms with Gasteiger partial charge in [0.05, 0.1) is 0 Å². The van der Waals surface area contributed by atoms with Crippen molar-refractivity contribution in [2.24, 2.45) is 11.0 Å². The molecule has 7 heteroatoms. The number of hydrazone groups is 1. The van der Waals surface area contributed by atoms with E-state index in [1.165, 1.54) is 4.90 Å². The average Bonchev–Trinajstić information content (AvgIpc) is 3.22. The molecule has 2 aliphatic heterocycles. The first kappa shape index (κ1) is 16.8. The summed E-state index contributed by atoms with van der Waals surface area (Å²) >= 11 is 0. The molecule has 0 aromatic heterocycles. The van der Waals surface area contributed by atoms with E-state index in [2.05, 4.69) is 10.5 Å². The van der Waals surface area contributed by atoms with Crippen molar-refractivity contribution in [3.05, 3.63) is 35.9 Å². The number of rotatable bonds is 4. The maximum absolute atomic E-state index is 12.9. The van der Waals surface area contributed by atoms with Crippen LogP contribution in [0.4, 0.5) is 0 Å². The minimum absolute atomic E-state index is 0.00240. The van der Waals surface area contributed by atoms with Gasteiger partial charge in [0.2, 0.25) is 5.91 Å². The van der Waals surface area contributed by atoms with Crippen molar-refractivity contribution in [3.8, 4) is 0 Å². The fraction of sp³-hybridized carbons (Fsp3) is 0.474. The molecular formula is C19H21N3O4. The summed E-state index contributed by atoms with van der Waals surface area (Å²) < 4.78 is 5.29. The Balaban J connectivity index is 1.45. The molecule has 2 heterocycles. The molecular weight excluding hydrogens is 334 g/mol. The van der Waals surface area contributed by atoms with Gasteiger partial charge in [0.1, 0.15) is 18.6 Å². The quantitative estimate of drug-likeness (QED) is 0.651. The number of esters is 1. The van der Waals surface area contributed by atoms with Crippen LogP contribution in [0.1, 0.15) is 37.7 Å². The number of imide groups is 1. The number of fused-ring (bicyclic) bond motifs is 1. The van der Waals surface area contributed by atoms with Gasteiger partial charge in [-0.1, -0.05) is 49.6 Å². The number of ether oxygens (including phenoxy) is 1. The van der Waals surface area contributed by atoms with Crippen LogP contribution in [-0.4, -0.2) is 40.5 Å². The lowest BCUT2D eigenvalue weighted by atomic mass is 9.94. The van der Waals surface area contributed by atoms with Crippen molar-refractivity contribution >= 4 is 23.5 Å². The SMILES string of the molecule is O=C(OCc1ccccc1)C1=NN[C@@H]2C(=O)N(C3CCCCC3)C(=O)[C@@H]12. The zero-order valence-corrected chi connectivity index (χ0v) is 14.4. The number of carbonyl (C=O) groups excluding carboxylic acids is 3. The predicted octanol–water partition coefficient (Wildman–Crippen LogP) is 1.38. The zero-order valence-electron chi connectivity index (χ0n) is 14.4. The molecule has 2 atom stereocenters. The minimum Gasteiger partial charge on any atom is -0.456 e. The Morgan fingerprint density at radius 3 is 2.58 bits per heavy atom. The van der Waals surface area contributed by atoms with E-state index in [0.717, 1.165) is 37.7 Å². The third-order valence-corrected chi connectivity index (χ3v) is 5.32. The summed E-state index contributed by atoms with van der Waals surface area (Å²) in [7, 11) is 0. The van der Waals surface area contributed by atoms with Gasteiger partial charge in [-0.3, -0.25) is 19.9 Å². The number of amides is 2. The van der Waals surface area contributed by atoms with E-state index in [1.807, 2.05) is 30.3 Å². The topological polar surface area (TPSA) is 88.1 Å². The van der Waals surface area contributed by atoms with Crippen LogP contribution in [0.25, 0.3) is 0 Å². The zero-order chi connectivity index (χ0) is 18.1. The fourth-order valence-corrected chi connectivity index (χ4v) is 3.98. The Bertz CT molecular complexity index is 755. The van der Waals surface area contributed by atoms with Crippen LogP contribution in [0.5, 0.6) is 0 Å². The third-order valence-electron chi connectivity index (χ3n) is 5.32. The summed E-state index contributed by atoms with van der Waals surface area (Å²) in [5.41, 5.74) is 3.52. The first-order valence-electron chi connectivity index (χ1n) is 9.08. The largest absolute Gasteiger partial charge is 0.456 e. The van der Waals surface area contributed by atoms with E-state index < -0.39 is 17.9 Å². The normalized spacial score (nSPS) is 25.7. The van der Waals surface area contributed by atoms with Crippen molar-refractivity contribution in [1.29, 1.82) is 0 Å². The molecule has 2 fully saturated rings. The number of benzene rings is 1.